The van der Waals surface area contributed by atoms with Crippen LogP contribution in [0.3, 0.4) is 0 Å². The van der Waals surface area contributed by atoms with Crippen molar-refractivity contribution in [3.05, 3.63) is 0 Å². The maximum atomic E-state index is 11.7. The predicted molar refractivity (Wildman–Crippen MR) is 72.0 cm³/mol. The molecule has 0 aromatic carbocycles. The number of hydrogen-bond donors (Lipinski definition) is 2. The predicted octanol–water partition coefficient (Wildman–Crippen LogP) is 3.30. The van der Waals surface area contributed by atoms with Gasteiger partial charge in [0.25, 0.3) is 0 Å². The fraction of sp³-hybridized carbons (Fsp3) is 0.929. The van der Waals surface area contributed by atoms with Crippen LogP contribution in [0.5, 0.6) is 0 Å². The molecule has 0 spiro atoms. The van der Waals surface area contributed by atoms with Crippen molar-refractivity contribution in [2.24, 2.45) is 11.3 Å². The van der Waals surface area contributed by atoms with E-state index in [2.05, 4.69) is 38.3 Å². The molecule has 1 saturated carbocycles. The molecule has 1 aliphatic carbocycles. The largest absolute Gasteiger partial charge is 0.338 e. The molecule has 100 valence electrons. The van der Waals surface area contributed by atoms with Gasteiger partial charge in [0.1, 0.15) is 0 Å². The molecule has 2 N–H and O–H groups in total. The molecule has 0 aromatic heterocycles. The SMILES string of the molecule is CCC1CCC(NC(=O)NCC(C)(C)C)CC1. The molecule has 0 radical (unpaired) electrons. The Labute approximate surface area is 106 Å². The molecule has 1 rings (SSSR count). The summed E-state index contributed by atoms with van der Waals surface area (Å²) in [4.78, 5) is 11.7. The lowest BCUT2D eigenvalue weighted by atomic mass is 9.84. The topological polar surface area (TPSA) is 41.1 Å². The van der Waals surface area contributed by atoms with Crippen LogP contribution in [0.2, 0.25) is 0 Å². The summed E-state index contributed by atoms with van der Waals surface area (Å²) in [7, 11) is 0. The molecule has 0 bridgehead atoms. The minimum atomic E-state index is -0.000117. The maximum Gasteiger partial charge on any atom is 0.315 e. The second-order valence-electron chi connectivity index (χ2n) is 6.51. The van der Waals surface area contributed by atoms with Gasteiger partial charge in [0.2, 0.25) is 0 Å². The molecular formula is C14H28N2O. The summed E-state index contributed by atoms with van der Waals surface area (Å²) >= 11 is 0. The highest BCUT2D eigenvalue weighted by atomic mass is 16.2. The Morgan fingerprint density at radius 2 is 1.76 bits per heavy atom. The van der Waals surface area contributed by atoms with Crippen molar-refractivity contribution in [2.75, 3.05) is 6.54 Å². The van der Waals surface area contributed by atoms with Crippen LogP contribution in [-0.4, -0.2) is 18.6 Å². The van der Waals surface area contributed by atoms with Crippen LogP contribution in [0.15, 0.2) is 0 Å². The number of rotatable bonds is 3. The average molecular weight is 240 g/mol. The smallest absolute Gasteiger partial charge is 0.315 e. The van der Waals surface area contributed by atoms with E-state index in [0.717, 1.165) is 25.3 Å². The maximum absolute atomic E-state index is 11.7. The van der Waals surface area contributed by atoms with E-state index in [1.165, 1.54) is 19.3 Å². The van der Waals surface area contributed by atoms with Gasteiger partial charge in [-0.15, -0.1) is 0 Å². The number of nitrogens with one attached hydrogen (secondary N) is 2. The van der Waals surface area contributed by atoms with Crippen molar-refractivity contribution < 1.29 is 4.79 Å². The number of hydrogen-bond acceptors (Lipinski definition) is 1. The highest BCUT2D eigenvalue weighted by Crippen LogP contribution is 2.26. The summed E-state index contributed by atoms with van der Waals surface area (Å²) in [5.41, 5.74) is 0.150. The van der Waals surface area contributed by atoms with Crippen molar-refractivity contribution in [2.45, 2.75) is 65.8 Å². The first-order valence-corrected chi connectivity index (χ1v) is 6.95. The van der Waals surface area contributed by atoms with Gasteiger partial charge in [-0.1, -0.05) is 34.1 Å². The van der Waals surface area contributed by atoms with E-state index in [-0.39, 0.29) is 11.4 Å². The molecule has 3 heteroatoms. The molecule has 0 aromatic rings. The van der Waals surface area contributed by atoms with Crippen LogP contribution in [0.4, 0.5) is 4.79 Å². The molecule has 0 saturated heterocycles. The van der Waals surface area contributed by atoms with Gasteiger partial charge in [0.05, 0.1) is 0 Å². The van der Waals surface area contributed by atoms with E-state index in [1.807, 2.05) is 0 Å². The number of urea groups is 1. The van der Waals surface area contributed by atoms with Crippen LogP contribution < -0.4 is 10.6 Å². The molecule has 0 unspecified atom stereocenters. The zero-order chi connectivity index (χ0) is 12.9. The second kappa shape index (κ2) is 6.27. The highest BCUT2D eigenvalue weighted by molar-refractivity contribution is 5.74. The van der Waals surface area contributed by atoms with Crippen molar-refractivity contribution in [3.63, 3.8) is 0 Å². The van der Waals surface area contributed by atoms with Gasteiger partial charge in [0.15, 0.2) is 0 Å². The molecule has 2 amide bonds. The van der Waals surface area contributed by atoms with Gasteiger partial charge in [-0.05, 0) is 37.0 Å². The quantitative estimate of drug-likeness (QED) is 0.781. The third-order valence-electron chi connectivity index (χ3n) is 3.54. The molecule has 1 fully saturated rings. The second-order valence-corrected chi connectivity index (χ2v) is 6.51. The molecule has 0 heterocycles. The Hall–Kier alpha value is -0.730. The van der Waals surface area contributed by atoms with Gasteiger partial charge in [-0.2, -0.15) is 0 Å². The normalized spacial score (nSPS) is 25.4. The zero-order valence-corrected chi connectivity index (χ0v) is 11.8. The fourth-order valence-corrected chi connectivity index (χ4v) is 2.30. The Kier molecular flexibility index (Phi) is 5.29. The van der Waals surface area contributed by atoms with Gasteiger partial charge >= 0.3 is 6.03 Å². The van der Waals surface area contributed by atoms with Crippen LogP contribution in [0.1, 0.15) is 59.8 Å². The summed E-state index contributed by atoms with van der Waals surface area (Å²) in [6.45, 7) is 9.36. The standard InChI is InChI=1S/C14H28N2O/c1-5-11-6-8-12(9-7-11)16-13(17)15-10-14(2,3)4/h11-12H,5-10H2,1-4H3,(H2,15,16,17). The molecule has 0 atom stereocenters. The van der Waals surface area contributed by atoms with Crippen molar-refractivity contribution in [1.82, 2.24) is 10.6 Å². The van der Waals surface area contributed by atoms with Crippen molar-refractivity contribution >= 4 is 6.03 Å². The van der Waals surface area contributed by atoms with Crippen molar-refractivity contribution in [1.29, 1.82) is 0 Å². The number of carbonyl (C=O) groups is 1. The number of amides is 2. The van der Waals surface area contributed by atoms with Crippen LogP contribution in [-0.2, 0) is 0 Å². The van der Waals surface area contributed by atoms with Crippen molar-refractivity contribution in [3.8, 4) is 0 Å². The van der Waals surface area contributed by atoms with E-state index < -0.39 is 0 Å². The third-order valence-corrected chi connectivity index (χ3v) is 3.54. The minimum Gasteiger partial charge on any atom is -0.338 e. The van der Waals surface area contributed by atoms with Gasteiger partial charge in [-0.3, -0.25) is 0 Å². The monoisotopic (exact) mass is 240 g/mol. The number of carbonyl (C=O) groups excluding carboxylic acids is 1. The Morgan fingerprint density at radius 3 is 2.24 bits per heavy atom. The fourth-order valence-electron chi connectivity index (χ4n) is 2.30. The van der Waals surface area contributed by atoms with Crippen LogP contribution in [0.25, 0.3) is 0 Å². The average Bonchev–Trinajstić information content (AvgIpc) is 2.27. The first-order valence-electron chi connectivity index (χ1n) is 6.95. The lowest BCUT2D eigenvalue weighted by Gasteiger charge is -2.29. The molecule has 1 aliphatic rings. The van der Waals surface area contributed by atoms with Gasteiger partial charge in [0, 0.05) is 12.6 Å². The Morgan fingerprint density at radius 1 is 1.18 bits per heavy atom. The lowest BCUT2D eigenvalue weighted by molar-refractivity contribution is 0.221. The first kappa shape index (κ1) is 14.3. The summed E-state index contributed by atoms with van der Waals surface area (Å²) in [5.74, 6) is 0.880. The van der Waals surface area contributed by atoms with Crippen LogP contribution >= 0.6 is 0 Å². The molecular weight excluding hydrogens is 212 g/mol. The lowest BCUT2D eigenvalue weighted by Crippen LogP contribution is -2.45. The van der Waals surface area contributed by atoms with Gasteiger partial charge < -0.3 is 10.6 Å². The zero-order valence-electron chi connectivity index (χ0n) is 11.8. The summed E-state index contributed by atoms with van der Waals surface area (Å²) < 4.78 is 0. The van der Waals surface area contributed by atoms with E-state index in [9.17, 15) is 4.79 Å². The highest BCUT2D eigenvalue weighted by Gasteiger charge is 2.21. The van der Waals surface area contributed by atoms with E-state index in [4.69, 9.17) is 0 Å². The van der Waals surface area contributed by atoms with E-state index >= 15 is 0 Å². The summed E-state index contributed by atoms with van der Waals surface area (Å²) in [6, 6.07) is 0.387. The molecule has 0 aliphatic heterocycles. The van der Waals surface area contributed by atoms with E-state index in [1.54, 1.807) is 0 Å². The Balaban J connectivity index is 2.19. The molecule has 17 heavy (non-hydrogen) atoms. The van der Waals surface area contributed by atoms with Crippen LogP contribution in [0, 0.1) is 11.3 Å². The summed E-state index contributed by atoms with van der Waals surface area (Å²) in [6.07, 6.45) is 6.09. The minimum absolute atomic E-state index is 0.000117. The molecule has 3 nitrogen and oxygen atoms in total. The first-order chi connectivity index (χ1) is 7.90. The summed E-state index contributed by atoms with van der Waals surface area (Å²) in [5, 5.41) is 6.03. The Bertz CT molecular complexity index is 237. The third kappa shape index (κ3) is 5.94. The van der Waals surface area contributed by atoms with Gasteiger partial charge in [-0.25, -0.2) is 4.79 Å². The van der Waals surface area contributed by atoms with E-state index in [0.29, 0.717) is 6.04 Å².